The smallest absolute Gasteiger partial charge is 0.287 e. The van der Waals surface area contributed by atoms with Gasteiger partial charge in [-0.25, -0.2) is 0 Å². The maximum absolute atomic E-state index is 11.9. The number of likely N-dealkylation sites (tertiary alicyclic amines) is 1. The van der Waals surface area contributed by atoms with Crippen molar-refractivity contribution in [2.75, 3.05) is 19.6 Å². The van der Waals surface area contributed by atoms with Gasteiger partial charge in [-0.05, 0) is 25.0 Å². The third kappa shape index (κ3) is 3.35. The quantitative estimate of drug-likeness (QED) is 0.882. The third-order valence-corrected chi connectivity index (χ3v) is 3.10. The van der Waals surface area contributed by atoms with Crippen molar-refractivity contribution >= 4 is 11.8 Å². The molecule has 2 heterocycles. The Kier molecular flexibility index (Phi) is 4.39. The molecule has 0 radical (unpaired) electrons. The van der Waals surface area contributed by atoms with Crippen molar-refractivity contribution in [2.45, 2.75) is 25.7 Å². The Morgan fingerprint density at radius 1 is 1.22 bits per heavy atom. The summed E-state index contributed by atoms with van der Waals surface area (Å²) in [4.78, 5) is 25.3. The van der Waals surface area contributed by atoms with Crippen molar-refractivity contribution in [3.05, 3.63) is 24.2 Å². The summed E-state index contributed by atoms with van der Waals surface area (Å²) in [6.45, 7) is 1.64. The molecule has 5 nitrogen and oxygen atoms in total. The Morgan fingerprint density at radius 2 is 1.94 bits per heavy atom. The van der Waals surface area contributed by atoms with Crippen LogP contribution in [0.1, 0.15) is 36.2 Å². The molecule has 1 saturated heterocycles. The number of amides is 2. The second-order valence-corrected chi connectivity index (χ2v) is 4.45. The van der Waals surface area contributed by atoms with Gasteiger partial charge >= 0.3 is 0 Å². The van der Waals surface area contributed by atoms with Gasteiger partial charge in [0.2, 0.25) is 5.91 Å². The van der Waals surface area contributed by atoms with E-state index in [1.54, 1.807) is 12.1 Å². The molecule has 1 N–H and O–H groups in total. The van der Waals surface area contributed by atoms with Crippen LogP contribution in [0.3, 0.4) is 0 Å². The maximum atomic E-state index is 11.9. The second kappa shape index (κ2) is 6.23. The van der Waals surface area contributed by atoms with Gasteiger partial charge in [0.25, 0.3) is 5.91 Å². The summed E-state index contributed by atoms with van der Waals surface area (Å²) < 4.78 is 4.96. The first-order chi connectivity index (χ1) is 8.77. The Balaban J connectivity index is 1.78. The van der Waals surface area contributed by atoms with Gasteiger partial charge in [-0.15, -0.1) is 0 Å². The first-order valence-corrected chi connectivity index (χ1v) is 6.37. The number of furan rings is 1. The molecule has 0 atom stereocenters. The standard InChI is InChI=1S/C13H18N2O3/c16-12(15-7-3-1-2-4-8-15)10-14-13(17)11-6-5-9-18-11/h5-6,9H,1-4,7-8,10H2,(H,14,17). The van der Waals surface area contributed by atoms with Gasteiger partial charge in [0.15, 0.2) is 5.76 Å². The van der Waals surface area contributed by atoms with E-state index in [0.29, 0.717) is 0 Å². The van der Waals surface area contributed by atoms with E-state index in [0.717, 1.165) is 25.9 Å². The highest BCUT2D eigenvalue weighted by molar-refractivity contribution is 5.94. The largest absolute Gasteiger partial charge is 0.459 e. The molecule has 1 aliphatic heterocycles. The lowest BCUT2D eigenvalue weighted by Crippen LogP contribution is -2.40. The second-order valence-electron chi connectivity index (χ2n) is 4.45. The molecule has 98 valence electrons. The number of carbonyl (C=O) groups is 2. The average Bonchev–Trinajstić information content (AvgIpc) is 2.78. The van der Waals surface area contributed by atoms with E-state index < -0.39 is 0 Å². The highest BCUT2D eigenvalue weighted by Gasteiger charge is 2.17. The van der Waals surface area contributed by atoms with Crippen LogP contribution in [0.25, 0.3) is 0 Å². The molecule has 0 spiro atoms. The summed E-state index contributed by atoms with van der Waals surface area (Å²) >= 11 is 0. The van der Waals surface area contributed by atoms with Crippen molar-refractivity contribution in [3.63, 3.8) is 0 Å². The molecule has 1 aliphatic rings. The summed E-state index contributed by atoms with van der Waals surface area (Å²) in [5.74, 6) is -0.126. The molecular formula is C13H18N2O3. The molecule has 1 aromatic rings. The summed E-state index contributed by atoms with van der Waals surface area (Å²) in [5, 5.41) is 2.58. The molecule has 5 heteroatoms. The normalized spacial score (nSPS) is 16.1. The molecule has 0 saturated carbocycles. The molecule has 0 aromatic carbocycles. The molecular weight excluding hydrogens is 232 g/mol. The van der Waals surface area contributed by atoms with Crippen molar-refractivity contribution < 1.29 is 14.0 Å². The zero-order chi connectivity index (χ0) is 12.8. The molecule has 2 amide bonds. The van der Waals surface area contributed by atoms with E-state index >= 15 is 0 Å². The molecule has 0 bridgehead atoms. The van der Waals surface area contributed by atoms with Gasteiger partial charge in [-0.2, -0.15) is 0 Å². The SMILES string of the molecule is O=C(NCC(=O)N1CCCCCC1)c1ccco1. The third-order valence-electron chi connectivity index (χ3n) is 3.10. The number of rotatable bonds is 3. The zero-order valence-corrected chi connectivity index (χ0v) is 10.4. The van der Waals surface area contributed by atoms with Crippen LogP contribution in [0.2, 0.25) is 0 Å². The maximum Gasteiger partial charge on any atom is 0.287 e. The number of hydrogen-bond acceptors (Lipinski definition) is 3. The Morgan fingerprint density at radius 3 is 2.56 bits per heavy atom. The number of hydrogen-bond donors (Lipinski definition) is 1. The fourth-order valence-electron chi connectivity index (χ4n) is 2.08. The molecule has 18 heavy (non-hydrogen) atoms. The molecule has 1 aromatic heterocycles. The zero-order valence-electron chi connectivity index (χ0n) is 10.4. The predicted octanol–water partition coefficient (Wildman–Crippen LogP) is 1.41. The van der Waals surface area contributed by atoms with Crippen molar-refractivity contribution in [1.29, 1.82) is 0 Å². The first kappa shape index (κ1) is 12.7. The van der Waals surface area contributed by atoms with Gasteiger partial charge in [0.05, 0.1) is 12.8 Å². The molecule has 2 rings (SSSR count). The topological polar surface area (TPSA) is 62.6 Å². The van der Waals surface area contributed by atoms with Gasteiger partial charge in [-0.3, -0.25) is 9.59 Å². The summed E-state index contributed by atoms with van der Waals surface area (Å²) in [5.41, 5.74) is 0. The Bertz CT molecular complexity index is 392. The van der Waals surface area contributed by atoms with Crippen molar-refractivity contribution in [1.82, 2.24) is 10.2 Å². The number of nitrogens with zero attached hydrogens (tertiary/aromatic N) is 1. The van der Waals surface area contributed by atoms with E-state index in [2.05, 4.69) is 5.32 Å². The highest BCUT2D eigenvalue weighted by Crippen LogP contribution is 2.09. The molecule has 0 unspecified atom stereocenters. The predicted molar refractivity (Wildman–Crippen MR) is 66.1 cm³/mol. The number of carbonyl (C=O) groups excluding carboxylic acids is 2. The Hall–Kier alpha value is -1.78. The Labute approximate surface area is 106 Å². The first-order valence-electron chi connectivity index (χ1n) is 6.37. The van der Waals surface area contributed by atoms with E-state index in [-0.39, 0.29) is 24.1 Å². The lowest BCUT2D eigenvalue weighted by Gasteiger charge is -2.20. The van der Waals surface area contributed by atoms with Gasteiger partial charge in [-0.1, -0.05) is 12.8 Å². The van der Waals surface area contributed by atoms with Gasteiger partial charge in [0.1, 0.15) is 0 Å². The number of nitrogens with one attached hydrogen (secondary N) is 1. The fraction of sp³-hybridized carbons (Fsp3) is 0.538. The van der Waals surface area contributed by atoms with Gasteiger partial charge in [0, 0.05) is 13.1 Å². The van der Waals surface area contributed by atoms with Crippen LogP contribution in [0.5, 0.6) is 0 Å². The molecule has 0 aliphatic carbocycles. The van der Waals surface area contributed by atoms with E-state index in [1.165, 1.54) is 19.1 Å². The van der Waals surface area contributed by atoms with Gasteiger partial charge < -0.3 is 14.6 Å². The van der Waals surface area contributed by atoms with Crippen molar-refractivity contribution in [3.8, 4) is 0 Å². The van der Waals surface area contributed by atoms with E-state index in [4.69, 9.17) is 4.42 Å². The van der Waals surface area contributed by atoms with E-state index in [1.807, 2.05) is 4.90 Å². The summed E-state index contributed by atoms with van der Waals surface area (Å²) in [7, 11) is 0. The van der Waals surface area contributed by atoms with E-state index in [9.17, 15) is 9.59 Å². The minimum Gasteiger partial charge on any atom is -0.459 e. The van der Waals surface area contributed by atoms with Crippen LogP contribution in [0, 0.1) is 0 Å². The minimum atomic E-state index is -0.344. The fourth-order valence-corrected chi connectivity index (χ4v) is 2.08. The van der Waals surface area contributed by atoms with Crippen LogP contribution in [-0.4, -0.2) is 36.3 Å². The van der Waals surface area contributed by atoms with Crippen LogP contribution in [0.4, 0.5) is 0 Å². The van der Waals surface area contributed by atoms with Crippen LogP contribution in [-0.2, 0) is 4.79 Å². The highest BCUT2D eigenvalue weighted by atomic mass is 16.3. The average molecular weight is 250 g/mol. The van der Waals surface area contributed by atoms with Crippen LogP contribution >= 0.6 is 0 Å². The van der Waals surface area contributed by atoms with Crippen molar-refractivity contribution in [2.24, 2.45) is 0 Å². The summed E-state index contributed by atoms with van der Waals surface area (Å²) in [6.07, 6.45) is 5.91. The molecule has 1 fully saturated rings. The lowest BCUT2D eigenvalue weighted by molar-refractivity contribution is -0.130. The monoisotopic (exact) mass is 250 g/mol. The lowest BCUT2D eigenvalue weighted by atomic mass is 10.2. The van der Waals surface area contributed by atoms with Crippen LogP contribution in [0.15, 0.2) is 22.8 Å². The summed E-state index contributed by atoms with van der Waals surface area (Å²) in [6, 6.07) is 3.22. The minimum absolute atomic E-state index is 0.0168. The van der Waals surface area contributed by atoms with Crippen LogP contribution < -0.4 is 5.32 Å².